The summed E-state index contributed by atoms with van der Waals surface area (Å²) in [5.41, 5.74) is 5.01. The van der Waals surface area contributed by atoms with Gasteiger partial charge < -0.3 is 20.1 Å². The molecule has 0 saturated carbocycles. The van der Waals surface area contributed by atoms with E-state index in [0.717, 1.165) is 17.7 Å². The number of hydrogen-bond donors (Lipinski definition) is 3. The monoisotopic (exact) mass is 488 g/mol. The smallest absolute Gasteiger partial charge is 0.329 e. The molecule has 3 rings (SSSR count). The van der Waals surface area contributed by atoms with Crippen LogP contribution >= 0.6 is 0 Å². The number of benzene rings is 3. The van der Waals surface area contributed by atoms with E-state index in [2.05, 4.69) is 21.2 Å². The largest absolute Gasteiger partial charge is 0.494 e. The number of carbonyl (C=O) groups is 3. The van der Waals surface area contributed by atoms with Crippen LogP contribution in [-0.4, -0.2) is 37.1 Å². The van der Waals surface area contributed by atoms with Crippen molar-refractivity contribution in [3.8, 4) is 11.5 Å². The van der Waals surface area contributed by atoms with E-state index in [4.69, 9.17) is 9.47 Å². The Bertz CT molecular complexity index is 1210. The number of nitrogens with one attached hydrogen (secondary N) is 3. The number of hydrazone groups is 1. The number of aryl methyl sites for hydroxylation is 1. The fourth-order valence-corrected chi connectivity index (χ4v) is 2.96. The predicted octanol–water partition coefficient (Wildman–Crippen LogP) is 3.89. The summed E-state index contributed by atoms with van der Waals surface area (Å²) < 4.78 is 11.0. The number of hydrogen-bond acceptors (Lipinski definition) is 6. The van der Waals surface area contributed by atoms with E-state index in [0.29, 0.717) is 29.4 Å². The molecular weight excluding hydrogens is 460 g/mol. The minimum absolute atomic E-state index is 0.137. The highest BCUT2D eigenvalue weighted by Gasteiger charge is 2.13. The number of anilines is 2. The molecule has 0 radical (unpaired) electrons. The first-order valence-corrected chi connectivity index (χ1v) is 11.4. The minimum Gasteiger partial charge on any atom is -0.494 e. The molecule has 3 N–H and O–H groups in total. The van der Waals surface area contributed by atoms with Crippen LogP contribution in [0.5, 0.6) is 11.5 Å². The van der Waals surface area contributed by atoms with E-state index in [9.17, 15) is 14.4 Å². The van der Waals surface area contributed by atoms with E-state index in [-0.39, 0.29) is 12.5 Å². The lowest BCUT2D eigenvalue weighted by atomic mass is 10.2. The highest BCUT2D eigenvalue weighted by atomic mass is 16.5. The molecule has 0 aliphatic carbocycles. The van der Waals surface area contributed by atoms with Gasteiger partial charge in [0.2, 0.25) is 0 Å². The fraction of sp³-hybridized carbons (Fsp3) is 0.185. The summed E-state index contributed by atoms with van der Waals surface area (Å²) in [5.74, 6) is -0.830. The van der Waals surface area contributed by atoms with Crippen LogP contribution in [0.2, 0.25) is 0 Å². The molecule has 9 heteroatoms. The van der Waals surface area contributed by atoms with Crippen LogP contribution in [0, 0.1) is 6.92 Å². The number of amides is 3. The van der Waals surface area contributed by atoms with Gasteiger partial charge >= 0.3 is 11.8 Å². The van der Waals surface area contributed by atoms with Crippen molar-refractivity contribution >= 4 is 35.3 Å². The van der Waals surface area contributed by atoms with E-state index in [1.165, 1.54) is 6.21 Å². The normalized spacial score (nSPS) is 10.5. The second kappa shape index (κ2) is 13.3. The summed E-state index contributed by atoms with van der Waals surface area (Å²) in [7, 11) is 0. The Morgan fingerprint density at radius 2 is 1.50 bits per heavy atom. The van der Waals surface area contributed by atoms with Crippen LogP contribution in [-0.2, 0) is 14.4 Å². The van der Waals surface area contributed by atoms with Crippen LogP contribution in [0.4, 0.5) is 11.4 Å². The van der Waals surface area contributed by atoms with Crippen LogP contribution in [0.15, 0.2) is 77.9 Å². The number of carbonyl (C=O) groups excluding carboxylic acids is 3. The fourth-order valence-electron chi connectivity index (χ4n) is 2.96. The van der Waals surface area contributed by atoms with Crippen molar-refractivity contribution in [1.82, 2.24) is 5.43 Å². The van der Waals surface area contributed by atoms with E-state index in [1.54, 1.807) is 48.5 Å². The summed E-state index contributed by atoms with van der Waals surface area (Å²) in [5, 5.41) is 9.09. The molecule has 0 atom stereocenters. The van der Waals surface area contributed by atoms with E-state index in [1.807, 2.05) is 38.1 Å². The third-order valence-electron chi connectivity index (χ3n) is 4.84. The van der Waals surface area contributed by atoms with E-state index >= 15 is 0 Å². The Kier molecular flexibility index (Phi) is 9.58. The number of para-hydroxylation sites is 1. The van der Waals surface area contributed by atoms with Gasteiger partial charge in [0.15, 0.2) is 6.61 Å². The molecule has 0 aromatic heterocycles. The Morgan fingerprint density at radius 1 is 0.833 bits per heavy atom. The molecular formula is C27H28N4O5. The lowest BCUT2D eigenvalue weighted by molar-refractivity contribution is -0.136. The van der Waals surface area contributed by atoms with Gasteiger partial charge in [-0.25, -0.2) is 5.43 Å². The van der Waals surface area contributed by atoms with Crippen molar-refractivity contribution in [2.75, 3.05) is 23.8 Å². The van der Waals surface area contributed by atoms with Gasteiger partial charge in [-0.3, -0.25) is 14.4 Å². The third-order valence-corrected chi connectivity index (χ3v) is 4.84. The Balaban J connectivity index is 1.41. The average Bonchev–Trinajstić information content (AvgIpc) is 2.89. The summed E-state index contributed by atoms with van der Waals surface area (Å²) in [4.78, 5) is 36.1. The standard InChI is InChI=1S/C27H28N4O5/c1-3-16-35-22-14-10-21(11-15-22)29-26(33)27(34)31-28-17-20-8-12-23(13-9-20)36-18-25(32)30-24-7-5-4-6-19(24)2/h4-15,17H,3,16,18H2,1-2H3,(H,29,33)(H,30,32)(H,31,34)/b28-17-. The Hall–Kier alpha value is -4.66. The molecule has 0 aliphatic heterocycles. The van der Waals surface area contributed by atoms with Gasteiger partial charge in [0, 0.05) is 11.4 Å². The molecule has 3 amide bonds. The van der Waals surface area contributed by atoms with Gasteiger partial charge in [0.25, 0.3) is 5.91 Å². The summed E-state index contributed by atoms with van der Waals surface area (Å²) >= 11 is 0. The zero-order valence-electron chi connectivity index (χ0n) is 20.1. The molecule has 3 aromatic rings. The van der Waals surface area contributed by atoms with Crippen molar-refractivity contribution in [2.24, 2.45) is 5.10 Å². The van der Waals surface area contributed by atoms with Crippen molar-refractivity contribution in [3.63, 3.8) is 0 Å². The maximum absolute atomic E-state index is 12.1. The lowest BCUT2D eigenvalue weighted by Crippen LogP contribution is -2.32. The van der Waals surface area contributed by atoms with Gasteiger partial charge in [0.1, 0.15) is 11.5 Å². The molecule has 0 heterocycles. The van der Waals surface area contributed by atoms with Crippen LogP contribution in [0.25, 0.3) is 0 Å². The molecule has 0 fully saturated rings. The van der Waals surface area contributed by atoms with Crippen LogP contribution in [0.3, 0.4) is 0 Å². The molecule has 0 unspecified atom stereocenters. The van der Waals surface area contributed by atoms with Gasteiger partial charge in [-0.05, 0) is 79.1 Å². The van der Waals surface area contributed by atoms with Crippen LogP contribution < -0.4 is 25.5 Å². The van der Waals surface area contributed by atoms with Gasteiger partial charge in [0.05, 0.1) is 12.8 Å². The van der Waals surface area contributed by atoms with Crippen molar-refractivity contribution in [2.45, 2.75) is 20.3 Å². The highest BCUT2D eigenvalue weighted by molar-refractivity contribution is 6.39. The molecule has 0 aliphatic rings. The van der Waals surface area contributed by atoms with Gasteiger partial charge in [-0.15, -0.1) is 0 Å². The second-order valence-electron chi connectivity index (χ2n) is 7.75. The number of rotatable bonds is 10. The first-order chi connectivity index (χ1) is 17.4. The Morgan fingerprint density at radius 3 is 2.19 bits per heavy atom. The molecule has 0 saturated heterocycles. The van der Waals surface area contributed by atoms with Gasteiger partial charge in [-0.1, -0.05) is 25.1 Å². The summed E-state index contributed by atoms with van der Waals surface area (Å²) in [6.07, 6.45) is 2.28. The summed E-state index contributed by atoms with van der Waals surface area (Å²) in [6.45, 7) is 4.39. The maximum Gasteiger partial charge on any atom is 0.329 e. The van der Waals surface area contributed by atoms with E-state index < -0.39 is 11.8 Å². The highest BCUT2D eigenvalue weighted by Crippen LogP contribution is 2.16. The molecule has 3 aromatic carbocycles. The third kappa shape index (κ3) is 8.28. The predicted molar refractivity (Wildman–Crippen MR) is 138 cm³/mol. The zero-order valence-corrected chi connectivity index (χ0v) is 20.1. The number of ether oxygens (including phenoxy) is 2. The molecule has 36 heavy (non-hydrogen) atoms. The van der Waals surface area contributed by atoms with Crippen molar-refractivity contribution in [1.29, 1.82) is 0 Å². The van der Waals surface area contributed by atoms with Gasteiger partial charge in [-0.2, -0.15) is 5.10 Å². The molecule has 0 bridgehead atoms. The zero-order chi connectivity index (χ0) is 25.8. The minimum atomic E-state index is -0.905. The quantitative estimate of drug-likeness (QED) is 0.227. The SMILES string of the molecule is CCCOc1ccc(NC(=O)C(=O)N/N=C\c2ccc(OCC(=O)Nc3ccccc3C)cc2)cc1. The number of nitrogens with zero attached hydrogens (tertiary/aromatic N) is 1. The maximum atomic E-state index is 12.1. The molecule has 9 nitrogen and oxygen atoms in total. The van der Waals surface area contributed by atoms with Crippen molar-refractivity contribution in [3.05, 3.63) is 83.9 Å². The average molecular weight is 489 g/mol. The first-order valence-electron chi connectivity index (χ1n) is 11.4. The Labute approximate surface area is 209 Å². The second-order valence-corrected chi connectivity index (χ2v) is 7.75. The first kappa shape index (κ1) is 26.0. The molecule has 186 valence electrons. The van der Waals surface area contributed by atoms with Crippen molar-refractivity contribution < 1.29 is 23.9 Å². The van der Waals surface area contributed by atoms with Crippen LogP contribution in [0.1, 0.15) is 24.5 Å². The lowest BCUT2D eigenvalue weighted by Gasteiger charge is -2.09. The molecule has 0 spiro atoms. The summed E-state index contributed by atoms with van der Waals surface area (Å²) in [6, 6.07) is 21.0. The topological polar surface area (TPSA) is 118 Å².